The summed E-state index contributed by atoms with van der Waals surface area (Å²) in [5.41, 5.74) is 0.584. The minimum absolute atomic E-state index is 0.0497. The zero-order chi connectivity index (χ0) is 9.14. The van der Waals surface area contributed by atoms with Crippen molar-refractivity contribution in [2.75, 3.05) is 0 Å². The smallest absolute Gasteiger partial charge is 0.134 e. The third-order valence-corrected chi connectivity index (χ3v) is 2.04. The maximum absolute atomic E-state index is 9.15. The molecule has 4 heteroatoms. The summed E-state index contributed by atoms with van der Waals surface area (Å²) in [4.78, 5) is 0. The number of nitriles is 1. The summed E-state index contributed by atoms with van der Waals surface area (Å²) >= 11 is 11.3. The molecule has 0 heterocycles. The molecule has 0 radical (unpaired) electrons. The van der Waals surface area contributed by atoms with E-state index in [1.54, 1.807) is 0 Å². The SMILES string of the molecule is N#CCc1cc(O)c(Cl)cc1Cl. The zero-order valence-electron chi connectivity index (χ0n) is 6.01. The molecule has 1 aromatic carbocycles. The molecule has 0 saturated carbocycles. The van der Waals surface area contributed by atoms with Gasteiger partial charge in [0.25, 0.3) is 0 Å². The van der Waals surface area contributed by atoms with Crippen molar-refractivity contribution in [3.63, 3.8) is 0 Å². The number of phenols is 1. The third kappa shape index (κ3) is 1.82. The summed E-state index contributed by atoms with van der Waals surface area (Å²) in [5, 5.41) is 18.1. The lowest BCUT2D eigenvalue weighted by atomic mass is 10.1. The highest BCUT2D eigenvalue weighted by Gasteiger charge is 2.05. The van der Waals surface area contributed by atoms with E-state index in [1.807, 2.05) is 6.07 Å². The van der Waals surface area contributed by atoms with Gasteiger partial charge in [0.1, 0.15) is 5.75 Å². The number of nitrogens with zero attached hydrogens (tertiary/aromatic N) is 1. The Labute approximate surface area is 80.0 Å². The van der Waals surface area contributed by atoms with Crippen molar-refractivity contribution in [1.82, 2.24) is 0 Å². The summed E-state index contributed by atoms with van der Waals surface area (Å²) in [6.07, 6.45) is 0.170. The van der Waals surface area contributed by atoms with Gasteiger partial charge in [0.05, 0.1) is 17.5 Å². The first-order chi connectivity index (χ1) is 5.65. The molecule has 0 saturated heterocycles. The predicted molar refractivity (Wildman–Crippen MR) is 47.4 cm³/mol. The van der Waals surface area contributed by atoms with Gasteiger partial charge in [-0.25, -0.2) is 0 Å². The standard InChI is InChI=1S/C8H5Cl2NO/c9-6-4-7(10)8(12)3-5(6)1-2-11/h3-4,12H,1H2. The lowest BCUT2D eigenvalue weighted by Gasteiger charge is -2.01. The van der Waals surface area contributed by atoms with Crippen molar-refractivity contribution in [3.8, 4) is 11.8 Å². The van der Waals surface area contributed by atoms with Crippen LogP contribution in [0.25, 0.3) is 0 Å². The lowest BCUT2D eigenvalue weighted by molar-refractivity contribution is 0.475. The summed E-state index contributed by atoms with van der Waals surface area (Å²) < 4.78 is 0. The summed E-state index contributed by atoms with van der Waals surface area (Å²) in [5.74, 6) is -0.0497. The quantitative estimate of drug-likeness (QED) is 0.760. The van der Waals surface area contributed by atoms with Crippen LogP contribution >= 0.6 is 23.2 Å². The number of halogens is 2. The van der Waals surface area contributed by atoms with E-state index in [2.05, 4.69) is 0 Å². The molecule has 0 unspecified atom stereocenters. The molecule has 0 aliphatic heterocycles. The second-order valence-corrected chi connectivity index (χ2v) is 3.04. The van der Waals surface area contributed by atoms with Gasteiger partial charge < -0.3 is 5.11 Å². The van der Waals surface area contributed by atoms with E-state index >= 15 is 0 Å². The van der Waals surface area contributed by atoms with E-state index in [0.717, 1.165) is 0 Å². The van der Waals surface area contributed by atoms with Gasteiger partial charge >= 0.3 is 0 Å². The fourth-order valence-electron chi connectivity index (χ4n) is 0.801. The van der Waals surface area contributed by atoms with Gasteiger partial charge in [0, 0.05) is 5.02 Å². The van der Waals surface area contributed by atoms with Gasteiger partial charge in [-0.2, -0.15) is 5.26 Å². The van der Waals surface area contributed by atoms with Crippen LogP contribution in [-0.2, 0) is 6.42 Å². The first kappa shape index (κ1) is 9.18. The number of hydrogen-bond acceptors (Lipinski definition) is 2. The normalized spacial score (nSPS) is 9.42. The van der Waals surface area contributed by atoms with Gasteiger partial charge in [-0.1, -0.05) is 23.2 Å². The van der Waals surface area contributed by atoms with Gasteiger partial charge in [-0.05, 0) is 17.7 Å². The number of benzene rings is 1. The van der Waals surface area contributed by atoms with Crippen LogP contribution < -0.4 is 0 Å². The average Bonchev–Trinajstić information content (AvgIpc) is 2.01. The van der Waals surface area contributed by atoms with E-state index < -0.39 is 0 Å². The fourth-order valence-corrected chi connectivity index (χ4v) is 1.25. The van der Waals surface area contributed by atoms with E-state index in [9.17, 15) is 0 Å². The van der Waals surface area contributed by atoms with Crippen LogP contribution in [0.1, 0.15) is 5.56 Å². The van der Waals surface area contributed by atoms with Crippen LogP contribution in [0.3, 0.4) is 0 Å². The molecule has 62 valence electrons. The van der Waals surface area contributed by atoms with E-state index in [4.69, 9.17) is 33.6 Å². The van der Waals surface area contributed by atoms with Crippen molar-refractivity contribution in [2.24, 2.45) is 0 Å². The highest BCUT2D eigenvalue weighted by molar-refractivity contribution is 6.35. The highest BCUT2D eigenvalue weighted by atomic mass is 35.5. The van der Waals surface area contributed by atoms with E-state index in [-0.39, 0.29) is 17.2 Å². The lowest BCUT2D eigenvalue weighted by Crippen LogP contribution is -1.83. The molecule has 1 aromatic rings. The molecule has 0 bridgehead atoms. The summed E-state index contributed by atoms with van der Waals surface area (Å²) in [6.45, 7) is 0. The van der Waals surface area contributed by atoms with Crippen molar-refractivity contribution in [2.45, 2.75) is 6.42 Å². The molecule has 0 amide bonds. The summed E-state index contributed by atoms with van der Waals surface area (Å²) in [6, 6.07) is 4.75. The fraction of sp³-hybridized carbons (Fsp3) is 0.125. The number of phenolic OH excluding ortho intramolecular Hbond substituents is 1. The Kier molecular flexibility index (Phi) is 2.80. The van der Waals surface area contributed by atoms with Crippen molar-refractivity contribution in [3.05, 3.63) is 27.7 Å². The van der Waals surface area contributed by atoms with Gasteiger partial charge in [0.2, 0.25) is 0 Å². The molecule has 1 N–H and O–H groups in total. The molecule has 0 aliphatic rings. The Balaban J connectivity index is 3.16. The van der Waals surface area contributed by atoms with E-state index in [1.165, 1.54) is 12.1 Å². The van der Waals surface area contributed by atoms with Crippen molar-refractivity contribution < 1.29 is 5.11 Å². The zero-order valence-corrected chi connectivity index (χ0v) is 7.52. The molecule has 0 atom stereocenters. The van der Waals surface area contributed by atoms with Crippen LogP contribution in [0, 0.1) is 11.3 Å². The van der Waals surface area contributed by atoms with Crippen LogP contribution in [0.15, 0.2) is 12.1 Å². The van der Waals surface area contributed by atoms with Gasteiger partial charge in [0.15, 0.2) is 0 Å². The van der Waals surface area contributed by atoms with Gasteiger partial charge in [-0.15, -0.1) is 0 Å². The van der Waals surface area contributed by atoms with Crippen LogP contribution in [0.5, 0.6) is 5.75 Å². The first-order valence-corrected chi connectivity index (χ1v) is 3.94. The van der Waals surface area contributed by atoms with E-state index in [0.29, 0.717) is 10.6 Å². The monoisotopic (exact) mass is 201 g/mol. The largest absolute Gasteiger partial charge is 0.506 e. The molecule has 12 heavy (non-hydrogen) atoms. The minimum atomic E-state index is -0.0497. The topological polar surface area (TPSA) is 44.0 Å². The Bertz CT molecular complexity index is 344. The Morgan fingerprint density at radius 3 is 2.58 bits per heavy atom. The number of rotatable bonds is 1. The average molecular weight is 202 g/mol. The Morgan fingerprint density at radius 2 is 2.00 bits per heavy atom. The molecule has 0 fully saturated rings. The summed E-state index contributed by atoms with van der Waals surface area (Å²) in [7, 11) is 0. The minimum Gasteiger partial charge on any atom is -0.506 e. The Morgan fingerprint density at radius 1 is 1.33 bits per heavy atom. The molecule has 0 aromatic heterocycles. The van der Waals surface area contributed by atoms with Crippen molar-refractivity contribution in [1.29, 1.82) is 5.26 Å². The molecule has 0 aliphatic carbocycles. The van der Waals surface area contributed by atoms with Crippen molar-refractivity contribution >= 4 is 23.2 Å². The Hall–Kier alpha value is -0.910. The maximum atomic E-state index is 9.15. The molecule has 0 spiro atoms. The molecular formula is C8H5Cl2NO. The first-order valence-electron chi connectivity index (χ1n) is 3.19. The molecular weight excluding hydrogens is 197 g/mol. The molecule has 1 rings (SSSR count). The van der Waals surface area contributed by atoms with Crippen LogP contribution in [0.4, 0.5) is 0 Å². The van der Waals surface area contributed by atoms with Gasteiger partial charge in [-0.3, -0.25) is 0 Å². The molecule has 2 nitrogen and oxygen atoms in total. The third-order valence-electron chi connectivity index (χ3n) is 1.39. The second kappa shape index (κ2) is 3.66. The van der Waals surface area contributed by atoms with Crippen LogP contribution in [-0.4, -0.2) is 5.11 Å². The predicted octanol–water partition coefficient (Wildman–Crippen LogP) is 2.77. The second-order valence-electron chi connectivity index (χ2n) is 2.23. The highest BCUT2D eigenvalue weighted by Crippen LogP contribution is 2.29. The number of aromatic hydroxyl groups is 1. The maximum Gasteiger partial charge on any atom is 0.134 e. The van der Waals surface area contributed by atoms with Crippen LogP contribution in [0.2, 0.25) is 10.0 Å². The number of hydrogen-bond donors (Lipinski definition) is 1.